The largest absolute Gasteiger partial charge is 0.378 e. The molecule has 0 bridgehead atoms. The van der Waals surface area contributed by atoms with Crippen LogP contribution in [0.25, 0.3) is 11.4 Å². The van der Waals surface area contributed by atoms with Crippen LogP contribution >= 0.6 is 11.3 Å². The van der Waals surface area contributed by atoms with Crippen molar-refractivity contribution in [3.8, 4) is 11.4 Å². The Hall–Kier alpha value is -1.82. The summed E-state index contributed by atoms with van der Waals surface area (Å²) in [5.74, 6) is 0.805. The van der Waals surface area contributed by atoms with E-state index in [0.717, 1.165) is 11.3 Å². The monoisotopic (exact) mass is 426 g/mol. The van der Waals surface area contributed by atoms with Gasteiger partial charge in [0.2, 0.25) is 17.6 Å². The molecule has 4 rings (SSSR count). The summed E-state index contributed by atoms with van der Waals surface area (Å²) in [6, 6.07) is 1.58. The Kier molecular flexibility index (Phi) is 5.50. The van der Waals surface area contributed by atoms with Gasteiger partial charge in [-0.2, -0.15) is 9.29 Å². The fourth-order valence-electron chi connectivity index (χ4n) is 3.50. The van der Waals surface area contributed by atoms with Crippen molar-refractivity contribution in [2.45, 2.75) is 24.0 Å². The topological polar surface area (TPSA) is 106 Å². The van der Waals surface area contributed by atoms with Gasteiger partial charge in [-0.1, -0.05) is 5.16 Å². The molecule has 0 aromatic carbocycles. The molecule has 0 unspecified atom stereocenters. The number of amides is 1. The number of hydrogen-bond donors (Lipinski definition) is 0. The molecule has 2 aromatic heterocycles. The molecule has 0 atom stereocenters. The Balaban J connectivity index is 1.41. The minimum atomic E-state index is -3.60. The molecule has 2 aliphatic rings. The Labute approximate surface area is 167 Å². The van der Waals surface area contributed by atoms with Crippen molar-refractivity contribution in [2.24, 2.45) is 5.92 Å². The van der Waals surface area contributed by atoms with Gasteiger partial charge in [-0.05, 0) is 18.9 Å². The average molecular weight is 427 g/mol. The Morgan fingerprint density at radius 3 is 2.57 bits per heavy atom. The van der Waals surface area contributed by atoms with Gasteiger partial charge in [-0.25, -0.2) is 8.42 Å². The first kappa shape index (κ1) is 19.5. The minimum absolute atomic E-state index is 0.117. The SMILES string of the molecule is Cc1nc(-c2csc(S(=O)(=O)N3CCC(C(=O)N4CCOCC4)CC3)c2)no1. The van der Waals surface area contributed by atoms with E-state index in [2.05, 4.69) is 10.1 Å². The molecule has 11 heteroatoms. The zero-order valence-electron chi connectivity index (χ0n) is 15.5. The lowest BCUT2D eigenvalue weighted by atomic mass is 9.96. The van der Waals surface area contributed by atoms with E-state index in [1.165, 1.54) is 4.31 Å². The third-order valence-electron chi connectivity index (χ3n) is 5.08. The number of thiophene rings is 1. The number of ether oxygens (including phenoxy) is 1. The molecule has 2 aromatic rings. The first-order valence-corrected chi connectivity index (χ1v) is 11.5. The Morgan fingerprint density at radius 1 is 1.21 bits per heavy atom. The molecule has 152 valence electrons. The molecule has 1 amide bonds. The number of piperidine rings is 1. The molecule has 9 nitrogen and oxygen atoms in total. The highest BCUT2D eigenvalue weighted by Gasteiger charge is 2.35. The number of aryl methyl sites for hydroxylation is 1. The second-order valence-corrected chi connectivity index (χ2v) is 9.98. The highest BCUT2D eigenvalue weighted by Crippen LogP contribution is 2.31. The van der Waals surface area contributed by atoms with Crippen molar-refractivity contribution in [1.29, 1.82) is 0 Å². The van der Waals surface area contributed by atoms with E-state index in [-0.39, 0.29) is 16.0 Å². The van der Waals surface area contributed by atoms with E-state index in [1.54, 1.807) is 18.4 Å². The number of hydrogen-bond acceptors (Lipinski definition) is 8. The highest BCUT2D eigenvalue weighted by atomic mass is 32.2. The molecule has 2 saturated heterocycles. The first-order valence-electron chi connectivity index (χ1n) is 9.21. The number of carbonyl (C=O) groups is 1. The van der Waals surface area contributed by atoms with Crippen LogP contribution < -0.4 is 0 Å². The number of carbonyl (C=O) groups excluding carboxylic acids is 1. The third-order valence-corrected chi connectivity index (χ3v) is 8.40. The maximum Gasteiger partial charge on any atom is 0.252 e. The average Bonchev–Trinajstić information content (AvgIpc) is 3.38. The van der Waals surface area contributed by atoms with Gasteiger partial charge < -0.3 is 14.2 Å². The van der Waals surface area contributed by atoms with Crippen molar-refractivity contribution < 1.29 is 22.5 Å². The number of morpholine rings is 1. The van der Waals surface area contributed by atoms with Crippen LogP contribution in [0.5, 0.6) is 0 Å². The molecule has 0 N–H and O–H groups in total. The summed E-state index contributed by atoms with van der Waals surface area (Å²) in [6.45, 7) is 4.74. The summed E-state index contributed by atoms with van der Waals surface area (Å²) in [5, 5.41) is 5.54. The number of nitrogens with zero attached hydrogens (tertiary/aromatic N) is 4. The molecular weight excluding hydrogens is 404 g/mol. The predicted molar refractivity (Wildman–Crippen MR) is 101 cm³/mol. The van der Waals surface area contributed by atoms with Crippen molar-refractivity contribution in [1.82, 2.24) is 19.3 Å². The summed E-state index contributed by atoms with van der Waals surface area (Å²) in [4.78, 5) is 18.6. The normalized spacial score (nSPS) is 19.8. The zero-order chi connectivity index (χ0) is 19.7. The van der Waals surface area contributed by atoms with Crippen molar-refractivity contribution in [3.63, 3.8) is 0 Å². The van der Waals surface area contributed by atoms with Gasteiger partial charge in [0.1, 0.15) is 4.21 Å². The van der Waals surface area contributed by atoms with Gasteiger partial charge >= 0.3 is 0 Å². The summed E-state index contributed by atoms with van der Waals surface area (Å²) < 4.78 is 37.9. The van der Waals surface area contributed by atoms with Crippen LogP contribution in [0.1, 0.15) is 18.7 Å². The van der Waals surface area contributed by atoms with E-state index in [1.807, 2.05) is 4.90 Å². The molecular formula is C17H22N4O5S2. The number of aromatic nitrogens is 2. The van der Waals surface area contributed by atoms with Crippen LogP contribution in [0.2, 0.25) is 0 Å². The van der Waals surface area contributed by atoms with Gasteiger partial charge in [-0.15, -0.1) is 11.3 Å². The minimum Gasteiger partial charge on any atom is -0.378 e. The predicted octanol–water partition coefficient (Wildman–Crippen LogP) is 1.37. The molecule has 0 aliphatic carbocycles. The van der Waals surface area contributed by atoms with Gasteiger partial charge in [0.25, 0.3) is 10.0 Å². The maximum absolute atomic E-state index is 13.0. The lowest BCUT2D eigenvalue weighted by molar-refractivity contribution is -0.140. The molecule has 0 saturated carbocycles. The van der Waals surface area contributed by atoms with Gasteiger partial charge in [0.05, 0.1) is 13.2 Å². The second kappa shape index (κ2) is 7.90. The summed E-state index contributed by atoms with van der Waals surface area (Å²) in [6.07, 6.45) is 1.08. The quantitative estimate of drug-likeness (QED) is 0.727. The van der Waals surface area contributed by atoms with E-state index >= 15 is 0 Å². The van der Waals surface area contributed by atoms with Crippen LogP contribution in [0.15, 0.2) is 20.2 Å². The van der Waals surface area contributed by atoms with Crippen LogP contribution in [-0.2, 0) is 19.6 Å². The second-order valence-electron chi connectivity index (χ2n) is 6.91. The van der Waals surface area contributed by atoms with E-state index in [4.69, 9.17) is 9.26 Å². The first-order chi connectivity index (χ1) is 13.4. The van der Waals surface area contributed by atoms with Crippen LogP contribution in [0, 0.1) is 12.8 Å². The van der Waals surface area contributed by atoms with E-state index in [0.29, 0.717) is 69.5 Å². The Bertz CT molecular complexity index is 940. The van der Waals surface area contributed by atoms with E-state index < -0.39 is 10.0 Å². The number of rotatable bonds is 4. The van der Waals surface area contributed by atoms with Crippen molar-refractivity contribution in [3.05, 3.63) is 17.3 Å². The van der Waals surface area contributed by atoms with Gasteiger partial charge in [0.15, 0.2) is 0 Å². The van der Waals surface area contributed by atoms with Crippen LogP contribution in [0.4, 0.5) is 0 Å². The summed E-state index contributed by atoms with van der Waals surface area (Å²) in [7, 11) is -3.60. The fraction of sp³-hybridized carbons (Fsp3) is 0.588. The molecule has 0 radical (unpaired) electrons. The molecule has 0 spiro atoms. The smallest absolute Gasteiger partial charge is 0.252 e. The molecule has 4 heterocycles. The van der Waals surface area contributed by atoms with Crippen LogP contribution in [-0.4, -0.2) is 73.1 Å². The van der Waals surface area contributed by atoms with Crippen LogP contribution in [0.3, 0.4) is 0 Å². The molecule has 2 aliphatic heterocycles. The Morgan fingerprint density at radius 2 is 1.93 bits per heavy atom. The fourth-order valence-corrected chi connectivity index (χ4v) is 6.28. The van der Waals surface area contributed by atoms with E-state index in [9.17, 15) is 13.2 Å². The number of sulfonamides is 1. The van der Waals surface area contributed by atoms with Crippen molar-refractivity contribution >= 4 is 27.3 Å². The lowest BCUT2D eigenvalue weighted by Gasteiger charge is -2.34. The van der Waals surface area contributed by atoms with Crippen molar-refractivity contribution in [2.75, 3.05) is 39.4 Å². The van der Waals surface area contributed by atoms with Gasteiger partial charge in [-0.3, -0.25) is 4.79 Å². The summed E-state index contributed by atoms with van der Waals surface area (Å²) in [5.41, 5.74) is 0.623. The third kappa shape index (κ3) is 3.84. The standard InChI is InChI=1S/C17H22N4O5S2/c1-12-18-16(19-26-12)14-10-15(27-11-14)28(23,24)21-4-2-13(3-5-21)17(22)20-6-8-25-9-7-20/h10-11,13H,2-9H2,1H3. The zero-order valence-corrected chi connectivity index (χ0v) is 17.2. The highest BCUT2D eigenvalue weighted by molar-refractivity contribution is 7.91. The maximum atomic E-state index is 13.0. The van der Waals surface area contributed by atoms with Gasteiger partial charge in [0, 0.05) is 50.0 Å². The summed E-state index contributed by atoms with van der Waals surface area (Å²) >= 11 is 1.14. The lowest BCUT2D eigenvalue weighted by Crippen LogP contribution is -2.47. The molecule has 28 heavy (non-hydrogen) atoms. The molecule has 2 fully saturated rings.